The molecule has 0 unspecified atom stereocenters. The highest BCUT2D eigenvalue weighted by Gasteiger charge is 2.12. The summed E-state index contributed by atoms with van der Waals surface area (Å²) in [6, 6.07) is 0. The molecule has 0 amide bonds. The van der Waals surface area contributed by atoms with Crippen LogP contribution in [0.4, 0.5) is 0 Å². The molecule has 1 aliphatic carbocycles. The van der Waals surface area contributed by atoms with Gasteiger partial charge in [0, 0.05) is 13.1 Å². The first-order valence-electron chi connectivity index (χ1n) is 7.29. The molecule has 0 aromatic carbocycles. The van der Waals surface area contributed by atoms with Gasteiger partial charge in [-0.1, -0.05) is 46.0 Å². The van der Waals surface area contributed by atoms with Gasteiger partial charge in [-0.05, 0) is 32.0 Å². The summed E-state index contributed by atoms with van der Waals surface area (Å²) in [5.41, 5.74) is 0. The van der Waals surface area contributed by atoms with Crippen LogP contribution in [0.15, 0.2) is 0 Å². The molecule has 0 aromatic rings. The number of rotatable bonds is 8. The molecular formula is C14H30N2. The van der Waals surface area contributed by atoms with Crippen molar-refractivity contribution in [3.8, 4) is 0 Å². The quantitative estimate of drug-likeness (QED) is 0.640. The van der Waals surface area contributed by atoms with E-state index in [1.807, 2.05) is 0 Å². The standard InChI is InChI=1S/C14H30N2/c1-3-16(4-2)13-12-15-11-10-14-8-6-5-7-9-14/h14-15H,3-13H2,1-2H3. The van der Waals surface area contributed by atoms with Gasteiger partial charge in [-0.15, -0.1) is 0 Å². The molecule has 0 radical (unpaired) electrons. The molecule has 0 spiro atoms. The molecule has 0 heterocycles. The maximum atomic E-state index is 3.59. The molecule has 0 saturated heterocycles. The zero-order valence-corrected chi connectivity index (χ0v) is 11.3. The highest BCUT2D eigenvalue weighted by molar-refractivity contribution is 4.67. The van der Waals surface area contributed by atoms with Crippen molar-refractivity contribution < 1.29 is 0 Å². The molecular weight excluding hydrogens is 196 g/mol. The first-order valence-corrected chi connectivity index (χ1v) is 7.29. The molecule has 1 fully saturated rings. The fraction of sp³-hybridized carbons (Fsp3) is 1.00. The monoisotopic (exact) mass is 226 g/mol. The summed E-state index contributed by atoms with van der Waals surface area (Å²) in [6.07, 6.45) is 8.80. The van der Waals surface area contributed by atoms with Crippen LogP contribution in [0.2, 0.25) is 0 Å². The van der Waals surface area contributed by atoms with Gasteiger partial charge in [0.1, 0.15) is 0 Å². The molecule has 1 N–H and O–H groups in total. The summed E-state index contributed by atoms with van der Waals surface area (Å²) in [4.78, 5) is 2.48. The largest absolute Gasteiger partial charge is 0.315 e. The molecule has 2 nitrogen and oxygen atoms in total. The molecule has 16 heavy (non-hydrogen) atoms. The second kappa shape index (κ2) is 9.00. The van der Waals surface area contributed by atoms with E-state index in [1.54, 1.807) is 0 Å². The van der Waals surface area contributed by atoms with Crippen molar-refractivity contribution in [1.82, 2.24) is 10.2 Å². The normalized spacial score (nSPS) is 18.2. The molecule has 1 saturated carbocycles. The number of nitrogens with zero attached hydrogens (tertiary/aromatic N) is 1. The van der Waals surface area contributed by atoms with Crippen LogP contribution in [0.5, 0.6) is 0 Å². The third-order valence-corrected chi connectivity index (χ3v) is 3.95. The van der Waals surface area contributed by atoms with Crippen molar-refractivity contribution in [3.63, 3.8) is 0 Å². The van der Waals surface area contributed by atoms with Gasteiger partial charge >= 0.3 is 0 Å². The summed E-state index contributed by atoms with van der Waals surface area (Å²) >= 11 is 0. The van der Waals surface area contributed by atoms with E-state index in [1.165, 1.54) is 64.7 Å². The Balaban J connectivity index is 1.90. The van der Waals surface area contributed by atoms with E-state index >= 15 is 0 Å². The van der Waals surface area contributed by atoms with E-state index in [0.717, 1.165) is 12.5 Å². The van der Waals surface area contributed by atoms with Crippen LogP contribution in [0.25, 0.3) is 0 Å². The minimum atomic E-state index is 1.02. The van der Waals surface area contributed by atoms with Crippen LogP contribution < -0.4 is 5.32 Å². The Hall–Kier alpha value is -0.0800. The van der Waals surface area contributed by atoms with E-state index in [-0.39, 0.29) is 0 Å². The van der Waals surface area contributed by atoms with E-state index < -0.39 is 0 Å². The van der Waals surface area contributed by atoms with Gasteiger partial charge in [-0.2, -0.15) is 0 Å². The average Bonchev–Trinajstić information content (AvgIpc) is 2.35. The van der Waals surface area contributed by atoms with Crippen molar-refractivity contribution >= 4 is 0 Å². The van der Waals surface area contributed by atoms with Gasteiger partial charge in [0.25, 0.3) is 0 Å². The molecule has 1 rings (SSSR count). The molecule has 96 valence electrons. The van der Waals surface area contributed by atoms with Crippen LogP contribution in [0.1, 0.15) is 52.4 Å². The van der Waals surface area contributed by atoms with E-state index in [4.69, 9.17) is 0 Å². The molecule has 2 heteroatoms. The van der Waals surface area contributed by atoms with Crippen molar-refractivity contribution in [2.24, 2.45) is 5.92 Å². The Morgan fingerprint density at radius 1 is 1.00 bits per heavy atom. The van der Waals surface area contributed by atoms with Gasteiger partial charge in [0.05, 0.1) is 0 Å². The van der Waals surface area contributed by atoms with E-state index in [2.05, 4.69) is 24.1 Å². The minimum absolute atomic E-state index is 1.02. The lowest BCUT2D eigenvalue weighted by Gasteiger charge is -2.22. The lowest BCUT2D eigenvalue weighted by Crippen LogP contribution is -2.32. The summed E-state index contributed by atoms with van der Waals surface area (Å²) in [5, 5.41) is 3.59. The Morgan fingerprint density at radius 3 is 2.31 bits per heavy atom. The molecule has 1 aliphatic rings. The number of hydrogen-bond donors (Lipinski definition) is 1. The summed E-state index contributed by atoms with van der Waals surface area (Å²) in [5.74, 6) is 1.02. The highest BCUT2D eigenvalue weighted by Crippen LogP contribution is 2.25. The van der Waals surface area contributed by atoms with Crippen LogP contribution in [-0.4, -0.2) is 37.6 Å². The first-order chi connectivity index (χ1) is 7.86. The van der Waals surface area contributed by atoms with Gasteiger partial charge < -0.3 is 10.2 Å². The molecule has 0 atom stereocenters. The maximum Gasteiger partial charge on any atom is 0.0107 e. The summed E-state index contributed by atoms with van der Waals surface area (Å²) < 4.78 is 0. The number of likely N-dealkylation sites (N-methyl/N-ethyl adjacent to an activating group) is 1. The predicted octanol–water partition coefficient (Wildman–Crippen LogP) is 2.89. The van der Waals surface area contributed by atoms with Crippen molar-refractivity contribution in [1.29, 1.82) is 0 Å². The number of hydrogen-bond acceptors (Lipinski definition) is 2. The molecule has 0 aliphatic heterocycles. The Morgan fingerprint density at radius 2 is 1.69 bits per heavy atom. The molecule has 0 aromatic heterocycles. The van der Waals surface area contributed by atoms with Crippen molar-refractivity contribution in [2.45, 2.75) is 52.4 Å². The Kier molecular flexibility index (Phi) is 7.87. The van der Waals surface area contributed by atoms with E-state index in [0.29, 0.717) is 0 Å². The van der Waals surface area contributed by atoms with Crippen LogP contribution in [0.3, 0.4) is 0 Å². The van der Waals surface area contributed by atoms with Crippen LogP contribution in [0, 0.1) is 5.92 Å². The fourth-order valence-electron chi connectivity index (χ4n) is 2.68. The molecule has 0 bridgehead atoms. The lowest BCUT2D eigenvalue weighted by molar-refractivity contribution is 0.295. The Labute approximate surface area is 102 Å². The van der Waals surface area contributed by atoms with Gasteiger partial charge in [0.2, 0.25) is 0 Å². The zero-order valence-electron chi connectivity index (χ0n) is 11.3. The van der Waals surface area contributed by atoms with Crippen molar-refractivity contribution in [3.05, 3.63) is 0 Å². The SMILES string of the molecule is CCN(CC)CCNCCC1CCCCC1. The van der Waals surface area contributed by atoms with Gasteiger partial charge in [-0.3, -0.25) is 0 Å². The second-order valence-corrected chi connectivity index (χ2v) is 5.07. The smallest absolute Gasteiger partial charge is 0.0107 e. The highest BCUT2D eigenvalue weighted by atomic mass is 15.1. The van der Waals surface area contributed by atoms with Gasteiger partial charge in [-0.25, -0.2) is 0 Å². The second-order valence-electron chi connectivity index (χ2n) is 5.07. The zero-order chi connectivity index (χ0) is 11.6. The third kappa shape index (κ3) is 5.86. The Bertz CT molecular complexity index is 149. The average molecular weight is 226 g/mol. The minimum Gasteiger partial charge on any atom is -0.315 e. The van der Waals surface area contributed by atoms with Crippen LogP contribution >= 0.6 is 0 Å². The fourth-order valence-corrected chi connectivity index (χ4v) is 2.68. The topological polar surface area (TPSA) is 15.3 Å². The summed E-state index contributed by atoms with van der Waals surface area (Å²) in [7, 11) is 0. The van der Waals surface area contributed by atoms with Crippen LogP contribution in [-0.2, 0) is 0 Å². The first kappa shape index (κ1) is 14.0. The third-order valence-electron chi connectivity index (χ3n) is 3.95. The maximum absolute atomic E-state index is 3.59. The van der Waals surface area contributed by atoms with Gasteiger partial charge in [0.15, 0.2) is 0 Å². The van der Waals surface area contributed by atoms with E-state index in [9.17, 15) is 0 Å². The van der Waals surface area contributed by atoms with Crippen molar-refractivity contribution in [2.75, 3.05) is 32.7 Å². The summed E-state index contributed by atoms with van der Waals surface area (Å²) in [6.45, 7) is 10.4. The predicted molar refractivity (Wildman–Crippen MR) is 71.8 cm³/mol. The number of nitrogens with one attached hydrogen (secondary N) is 1. The lowest BCUT2D eigenvalue weighted by atomic mass is 9.87.